The van der Waals surface area contributed by atoms with Crippen LogP contribution in [0.2, 0.25) is 0 Å². The smallest absolute Gasteiger partial charge is 0.333 e. The Morgan fingerprint density at radius 1 is 0.862 bits per heavy atom. The van der Waals surface area contributed by atoms with Gasteiger partial charge in [0.05, 0.1) is 0 Å². The molecule has 2 amide bonds. The minimum absolute atomic E-state index is 0.257. The molecular weight excluding hydrogens is 420 g/mol. The van der Waals surface area contributed by atoms with Crippen molar-refractivity contribution < 1.29 is 28.7 Å². The second-order valence-corrected chi connectivity index (χ2v) is 12.2. The first kappa shape index (κ1) is 20.8. The zero-order chi connectivity index (χ0) is 21.5. The lowest BCUT2D eigenvalue weighted by atomic mass is 9.96. The van der Waals surface area contributed by atoms with Crippen molar-refractivity contribution in [2.24, 2.45) is 11.5 Å². The Bertz CT molecular complexity index is 741. The highest BCUT2D eigenvalue weighted by Crippen LogP contribution is 2.51. The van der Waals surface area contributed by atoms with E-state index in [4.69, 9.17) is 20.9 Å². The number of nitrogens with two attached hydrogens (primary N) is 2. The average molecular weight is 445 g/mol. The van der Waals surface area contributed by atoms with E-state index >= 15 is 0 Å². The van der Waals surface area contributed by atoms with Crippen molar-refractivity contribution >= 4 is 47.3 Å². The van der Waals surface area contributed by atoms with E-state index in [9.17, 15) is 19.2 Å². The van der Waals surface area contributed by atoms with Crippen LogP contribution in [-0.4, -0.2) is 84.8 Å². The number of nitrogens with zero attached hydrogens (tertiary/aromatic N) is 2. The molecule has 0 aliphatic carbocycles. The summed E-state index contributed by atoms with van der Waals surface area (Å²) in [5, 5.41) is -0.514. The van der Waals surface area contributed by atoms with Crippen LogP contribution >= 0.6 is 23.5 Å². The quantitative estimate of drug-likeness (QED) is 0.308. The van der Waals surface area contributed by atoms with Gasteiger partial charge < -0.3 is 30.7 Å². The number of carbonyl (C=O) groups is 4. The Kier molecular flexibility index (Phi) is 4.65. The molecule has 29 heavy (non-hydrogen) atoms. The molecule has 0 spiro atoms. The van der Waals surface area contributed by atoms with Gasteiger partial charge in [-0.15, -0.1) is 23.5 Å². The minimum atomic E-state index is -0.804. The van der Waals surface area contributed by atoms with Gasteiger partial charge in [0.2, 0.25) is 18.6 Å². The van der Waals surface area contributed by atoms with E-state index < -0.39 is 52.4 Å². The van der Waals surface area contributed by atoms with E-state index in [2.05, 4.69) is 0 Å². The molecule has 4 aliphatic rings. The normalized spacial score (nSPS) is 38.7. The van der Waals surface area contributed by atoms with E-state index in [1.54, 1.807) is 0 Å². The van der Waals surface area contributed by atoms with Gasteiger partial charge in [-0.3, -0.25) is 9.59 Å². The fourth-order valence-corrected chi connectivity index (χ4v) is 7.48. The third-order valence-corrected chi connectivity index (χ3v) is 9.00. The van der Waals surface area contributed by atoms with Crippen LogP contribution in [0.25, 0.3) is 0 Å². The maximum atomic E-state index is 12.6. The molecule has 4 N–H and O–H groups in total. The summed E-state index contributed by atoms with van der Waals surface area (Å²) in [6.07, 6.45) is 0. The Hall–Kier alpha value is -1.50. The second kappa shape index (κ2) is 6.50. The van der Waals surface area contributed by atoms with Crippen LogP contribution in [0.3, 0.4) is 0 Å². The monoisotopic (exact) mass is 444 g/mol. The summed E-state index contributed by atoms with van der Waals surface area (Å²) < 4.78 is 9.17. The molecule has 0 saturated carbocycles. The predicted molar refractivity (Wildman–Crippen MR) is 105 cm³/mol. The first-order chi connectivity index (χ1) is 13.4. The maximum absolute atomic E-state index is 12.6. The summed E-state index contributed by atoms with van der Waals surface area (Å²) in [4.78, 5) is 52.2. The number of amides is 2. The summed E-state index contributed by atoms with van der Waals surface area (Å²) in [5.74, 6) is -1.90. The zero-order valence-corrected chi connectivity index (χ0v) is 18.1. The molecule has 0 bridgehead atoms. The number of β-lactam (4-membered cyclic amide) rings is 2. The van der Waals surface area contributed by atoms with Gasteiger partial charge in [0, 0.05) is 9.49 Å². The molecule has 0 radical (unpaired) electrons. The molecule has 0 aromatic rings. The van der Waals surface area contributed by atoms with Crippen LogP contribution in [0.4, 0.5) is 0 Å². The minimum Gasteiger partial charge on any atom is -0.426 e. The fraction of sp³-hybridized carbons (Fsp3) is 0.765. The van der Waals surface area contributed by atoms with Gasteiger partial charge in [-0.1, -0.05) is 0 Å². The van der Waals surface area contributed by atoms with Crippen molar-refractivity contribution in [1.82, 2.24) is 9.80 Å². The van der Waals surface area contributed by atoms with Crippen molar-refractivity contribution in [3.05, 3.63) is 0 Å². The van der Waals surface area contributed by atoms with Crippen molar-refractivity contribution in [1.29, 1.82) is 0 Å². The van der Waals surface area contributed by atoms with Crippen LogP contribution in [0.1, 0.15) is 27.7 Å². The average Bonchev–Trinajstić information content (AvgIpc) is 3.06. The molecule has 0 unspecified atom stereocenters. The van der Waals surface area contributed by atoms with Gasteiger partial charge >= 0.3 is 11.9 Å². The number of ether oxygens (including phenoxy) is 2. The standard InChI is InChI=1S/C17H24N4O6S2/c1-16(2)8(20-10(22)6(18)12(20)28-16)14(24)26-5-27-15(25)9-17(3,4)29-13-7(19)11(23)21(9)13/h6-9,12-13H,5,18-19H2,1-4H3/t6-,7+,8-,9-,12+,13+/m0/s1. The molecule has 4 rings (SSSR count). The predicted octanol–water partition coefficient (Wildman–Crippen LogP) is -1.19. The fourth-order valence-electron chi connectivity index (χ4n) is 4.35. The molecule has 4 aliphatic heterocycles. The summed E-state index contributed by atoms with van der Waals surface area (Å²) in [7, 11) is 0. The van der Waals surface area contributed by atoms with E-state index in [-0.39, 0.29) is 22.6 Å². The van der Waals surface area contributed by atoms with Gasteiger partial charge in [0.25, 0.3) is 0 Å². The highest BCUT2D eigenvalue weighted by atomic mass is 32.2. The van der Waals surface area contributed by atoms with Crippen LogP contribution in [0.15, 0.2) is 0 Å². The highest BCUT2D eigenvalue weighted by molar-refractivity contribution is 8.02. The molecule has 0 aromatic heterocycles. The molecule has 160 valence electrons. The third kappa shape index (κ3) is 2.87. The summed E-state index contributed by atoms with van der Waals surface area (Å²) in [6, 6.07) is -2.85. The summed E-state index contributed by atoms with van der Waals surface area (Å²) in [5.41, 5.74) is 11.6. The van der Waals surface area contributed by atoms with Gasteiger partial charge in [0.1, 0.15) is 34.9 Å². The number of carbonyl (C=O) groups excluding carboxylic acids is 4. The van der Waals surface area contributed by atoms with Crippen molar-refractivity contribution in [3.63, 3.8) is 0 Å². The van der Waals surface area contributed by atoms with E-state index in [0.717, 1.165) is 0 Å². The molecular formula is C17H24N4O6S2. The summed E-state index contributed by atoms with van der Waals surface area (Å²) >= 11 is 2.89. The Morgan fingerprint density at radius 2 is 1.21 bits per heavy atom. The number of hydrogen-bond donors (Lipinski definition) is 2. The van der Waals surface area contributed by atoms with Crippen molar-refractivity contribution in [2.45, 2.75) is 72.1 Å². The van der Waals surface area contributed by atoms with Gasteiger partial charge in [-0.05, 0) is 27.7 Å². The van der Waals surface area contributed by atoms with Gasteiger partial charge in [0.15, 0.2) is 0 Å². The highest BCUT2D eigenvalue weighted by Gasteiger charge is 2.64. The molecule has 0 aromatic carbocycles. The SMILES string of the molecule is CC1(C)S[C@@H]2[C@H](N)C(=O)N2[C@H]1C(=O)OCOC(=O)[C@@H]1N2C(=O)[C@H](N)[C@H]2SC1(C)C. The summed E-state index contributed by atoms with van der Waals surface area (Å²) in [6.45, 7) is 6.76. The molecule has 6 atom stereocenters. The molecule has 10 nitrogen and oxygen atoms in total. The van der Waals surface area contributed by atoms with E-state index in [1.165, 1.54) is 33.3 Å². The number of fused-ring (bicyclic) bond motifs is 2. The maximum Gasteiger partial charge on any atom is 0.333 e. The van der Waals surface area contributed by atoms with E-state index in [1.807, 2.05) is 27.7 Å². The first-order valence-corrected chi connectivity index (χ1v) is 11.0. The molecule has 4 saturated heterocycles. The third-order valence-electron chi connectivity index (χ3n) is 5.81. The second-order valence-electron chi connectivity index (χ2n) is 8.62. The van der Waals surface area contributed by atoms with Gasteiger partial charge in [-0.2, -0.15) is 0 Å². The number of rotatable bonds is 4. The largest absolute Gasteiger partial charge is 0.426 e. The topological polar surface area (TPSA) is 145 Å². The number of esters is 2. The molecule has 4 heterocycles. The lowest BCUT2D eigenvalue weighted by molar-refractivity contribution is -0.181. The number of thioether (sulfide) groups is 2. The first-order valence-electron chi connectivity index (χ1n) is 9.23. The Labute approximate surface area is 176 Å². The van der Waals surface area contributed by atoms with Crippen molar-refractivity contribution in [3.8, 4) is 0 Å². The lowest BCUT2D eigenvalue weighted by Crippen LogP contribution is -2.69. The van der Waals surface area contributed by atoms with Crippen LogP contribution in [0.5, 0.6) is 0 Å². The van der Waals surface area contributed by atoms with Crippen LogP contribution in [0, 0.1) is 0 Å². The molecule has 12 heteroatoms. The van der Waals surface area contributed by atoms with Crippen LogP contribution < -0.4 is 11.5 Å². The van der Waals surface area contributed by atoms with Crippen LogP contribution in [-0.2, 0) is 28.7 Å². The zero-order valence-electron chi connectivity index (χ0n) is 16.5. The lowest BCUT2D eigenvalue weighted by Gasteiger charge is -2.42. The molecule has 4 fully saturated rings. The Balaban J connectivity index is 1.36. The van der Waals surface area contributed by atoms with E-state index in [0.29, 0.717) is 0 Å². The number of hydrogen-bond acceptors (Lipinski definition) is 10. The van der Waals surface area contributed by atoms with Crippen molar-refractivity contribution in [2.75, 3.05) is 6.79 Å². The van der Waals surface area contributed by atoms with Gasteiger partial charge in [-0.25, -0.2) is 9.59 Å². The Morgan fingerprint density at radius 3 is 1.55 bits per heavy atom.